The molecule has 2 rings (SSSR count). The third-order valence-electron chi connectivity index (χ3n) is 5.24. The number of aryl methyl sites for hydroxylation is 1. The summed E-state index contributed by atoms with van der Waals surface area (Å²) in [5.41, 5.74) is 2.82. The Morgan fingerprint density at radius 1 is 1.07 bits per heavy atom. The summed E-state index contributed by atoms with van der Waals surface area (Å²) in [5, 5.41) is 4.92. The van der Waals surface area contributed by atoms with E-state index in [9.17, 15) is 0 Å². The highest BCUT2D eigenvalue weighted by Crippen LogP contribution is 2.30. The van der Waals surface area contributed by atoms with Gasteiger partial charge in [0.25, 0.3) is 0 Å². The maximum Gasteiger partial charge on any atom is 0.204 e. The largest absolute Gasteiger partial charge is 0.417 e. The number of aromatic nitrogens is 1. The zero-order valence-electron chi connectivity index (χ0n) is 17.8. The van der Waals surface area contributed by atoms with Crippen LogP contribution in [0.15, 0.2) is 36.5 Å². The first-order valence-corrected chi connectivity index (χ1v) is 12.7. The molecule has 0 bridgehead atoms. The Labute approximate surface area is 167 Å². The van der Waals surface area contributed by atoms with Gasteiger partial charge in [-0.3, -0.25) is 4.98 Å². The fourth-order valence-electron chi connectivity index (χ4n) is 3.41. The summed E-state index contributed by atoms with van der Waals surface area (Å²) < 4.78 is 5.99. The first-order chi connectivity index (χ1) is 12.9. The number of benzene rings is 1. The van der Waals surface area contributed by atoms with Crippen LogP contribution in [0.1, 0.15) is 45.6 Å². The topological polar surface area (TPSA) is 34.1 Å². The van der Waals surface area contributed by atoms with Crippen LogP contribution >= 0.6 is 0 Å². The Bertz CT molecular complexity index is 676. The number of hydrogen-bond donors (Lipinski definition) is 1. The summed E-state index contributed by atoms with van der Waals surface area (Å²) in [6.07, 6.45) is 6.65. The van der Waals surface area contributed by atoms with Gasteiger partial charge in [-0.1, -0.05) is 39.0 Å². The van der Waals surface area contributed by atoms with E-state index in [2.05, 4.69) is 74.5 Å². The SMILES string of the molecule is C[Si](C)OC[C@H](CCCNCCCc1ccnc2ccccc12)C(C)(C)C. The predicted octanol–water partition coefficient (Wildman–Crippen LogP) is 5.47. The molecule has 3 nitrogen and oxygen atoms in total. The van der Waals surface area contributed by atoms with Crippen molar-refractivity contribution in [3.63, 3.8) is 0 Å². The molecule has 0 aliphatic rings. The van der Waals surface area contributed by atoms with Crippen molar-refractivity contribution in [3.8, 4) is 0 Å². The number of nitrogens with one attached hydrogen (secondary N) is 1. The number of fused-ring (bicyclic) bond motifs is 1. The molecular weight excluding hydrogens is 348 g/mol. The van der Waals surface area contributed by atoms with E-state index in [-0.39, 0.29) is 0 Å². The second-order valence-corrected chi connectivity index (χ2v) is 10.9. The summed E-state index contributed by atoms with van der Waals surface area (Å²) in [6, 6.07) is 10.6. The molecule has 0 spiro atoms. The molecule has 0 aliphatic carbocycles. The molecule has 0 saturated heterocycles. The standard InChI is InChI=1S/C23H37N2OSi/c1-23(2,3)20(18-26-27(4)5)11-9-16-24-15-8-10-19-14-17-25-22-13-7-6-12-21(19)22/h6-7,12-14,17,20,24H,8-11,15-16,18H2,1-5H3/t20-/m0/s1. The Morgan fingerprint density at radius 3 is 2.56 bits per heavy atom. The molecule has 1 radical (unpaired) electrons. The maximum atomic E-state index is 5.99. The molecule has 27 heavy (non-hydrogen) atoms. The van der Waals surface area contributed by atoms with Crippen molar-refractivity contribution in [3.05, 3.63) is 42.1 Å². The van der Waals surface area contributed by atoms with Crippen LogP contribution in [0.2, 0.25) is 13.1 Å². The molecule has 0 fully saturated rings. The summed E-state index contributed by atoms with van der Waals surface area (Å²) in [5.74, 6) is 0.641. The maximum absolute atomic E-state index is 5.99. The van der Waals surface area contributed by atoms with Crippen LogP contribution in [-0.4, -0.2) is 33.7 Å². The lowest BCUT2D eigenvalue weighted by Crippen LogP contribution is -2.28. The second kappa shape index (κ2) is 10.9. The van der Waals surface area contributed by atoms with E-state index in [4.69, 9.17) is 4.43 Å². The Kier molecular flexibility index (Phi) is 8.94. The van der Waals surface area contributed by atoms with E-state index >= 15 is 0 Å². The van der Waals surface area contributed by atoms with E-state index in [0.717, 1.165) is 38.1 Å². The normalized spacial score (nSPS) is 13.4. The summed E-state index contributed by atoms with van der Waals surface area (Å²) >= 11 is 0. The molecule has 1 aromatic carbocycles. The fraction of sp³-hybridized carbons (Fsp3) is 0.609. The molecule has 4 heteroatoms. The lowest BCUT2D eigenvalue weighted by atomic mass is 9.78. The molecule has 0 unspecified atom stereocenters. The van der Waals surface area contributed by atoms with Crippen LogP contribution in [0.5, 0.6) is 0 Å². The summed E-state index contributed by atoms with van der Waals surface area (Å²) in [4.78, 5) is 4.45. The Balaban J connectivity index is 1.66. The lowest BCUT2D eigenvalue weighted by Gasteiger charge is -2.31. The molecule has 1 atom stereocenters. The highest BCUT2D eigenvalue weighted by Gasteiger charge is 2.24. The van der Waals surface area contributed by atoms with E-state index in [0.29, 0.717) is 11.3 Å². The molecule has 0 saturated carbocycles. The van der Waals surface area contributed by atoms with Crippen LogP contribution in [0.25, 0.3) is 10.9 Å². The molecule has 149 valence electrons. The molecule has 2 aromatic rings. The van der Waals surface area contributed by atoms with Gasteiger partial charge in [-0.05, 0) is 80.9 Å². The van der Waals surface area contributed by atoms with Gasteiger partial charge in [0.05, 0.1) is 5.52 Å². The minimum atomic E-state index is -0.593. The summed E-state index contributed by atoms with van der Waals surface area (Å²) in [6.45, 7) is 14.5. The minimum absolute atomic E-state index is 0.319. The molecule has 1 aromatic heterocycles. The van der Waals surface area contributed by atoms with E-state index < -0.39 is 9.04 Å². The van der Waals surface area contributed by atoms with E-state index in [1.165, 1.54) is 23.8 Å². The highest BCUT2D eigenvalue weighted by atomic mass is 28.3. The van der Waals surface area contributed by atoms with Crippen LogP contribution in [0, 0.1) is 11.3 Å². The first kappa shape index (κ1) is 22.1. The third kappa shape index (κ3) is 7.72. The quantitative estimate of drug-likeness (QED) is 0.411. The van der Waals surface area contributed by atoms with Crippen LogP contribution < -0.4 is 5.32 Å². The average molecular weight is 386 g/mol. The monoisotopic (exact) mass is 385 g/mol. The van der Waals surface area contributed by atoms with E-state index in [1.54, 1.807) is 0 Å². The van der Waals surface area contributed by atoms with Gasteiger partial charge in [0, 0.05) is 18.2 Å². The van der Waals surface area contributed by atoms with Gasteiger partial charge < -0.3 is 9.74 Å². The summed E-state index contributed by atoms with van der Waals surface area (Å²) in [7, 11) is -0.593. The first-order valence-electron chi connectivity index (χ1n) is 10.3. The van der Waals surface area contributed by atoms with Crippen molar-refractivity contribution < 1.29 is 4.43 Å². The smallest absolute Gasteiger partial charge is 0.204 e. The van der Waals surface area contributed by atoms with Gasteiger partial charge in [-0.15, -0.1) is 0 Å². The molecule has 1 N–H and O–H groups in total. The number of pyridine rings is 1. The predicted molar refractivity (Wildman–Crippen MR) is 119 cm³/mol. The van der Waals surface area contributed by atoms with E-state index in [1.807, 2.05) is 6.20 Å². The Hall–Kier alpha value is -1.23. The molecule has 0 aliphatic heterocycles. The van der Waals surface area contributed by atoms with Gasteiger partial charge in [0.1, 0.15) is 0 Å². The zero-order valence-corrected chi connectivity index (χ0v) is 18.8. The van der Waals surface area contributed by atoms with Crippen molar-refractivity contribution >= 4 is 19.9 Å². The van der Waals surface area contributed by atoms with Crippen molar-refractivity contribution in [2.75, 3.05) is 19.7 Å². The lowest BCUT2D eigenvalue weighted by molar-refractivity contribution is 0.136. The number of nitrogens with zero attached hydrogens (tertiary/aromatic N) is 1. The van der Waals surface area contributed by atoms with Crippen molar-refractivity contribution in [2.24, 2.45) is 11.3 Å². The highest BCUT2D eigenvalue weighted by molar-refractivity contribution is 6.48. The number of para-hydroxylation sites is 1. The van der Waals surface area contributed by atoms with Gasteiger partial charge >= 0.3 is 0 Å². The van der Waals surface area contributed by atoms with Gasteiger partial charge in [0.15, 0.2) is 0 Å². The average Bonchev–Trinajstić information content (AvgIpc) is 2.62. The Morgan fingerprint density at radius 2 is 1.81 bits per heavy atom. The molecular formula is C23H37N2OSi. The molecule has 1 heterocycles. The number of hydrogen-bond acceptors (Lipinski definition) is 3. The fourth-order valence-corrected chi connectivity index (χ4v) is 3.94. The minimum Gasteiger partial charge on any atom is -0.417 e. The van der Waals surface area contributed by atoms with Crippen molar-refractivity contribution in [1.82, 2.24) is 10.3 Å². The number of rotatable bonds is 11. The van der Waals surface area contributed by atoms with Crippen LogP contribution in [0.4, 0.5) is 0 Å². The van der Waals surface area contributed by atoms with Gasteiger partial charge in [0.2, 0.25) is 9.04 Å². The van der Waals surface area contributed by atoms with Gasteiger partial charge in [-0.2, -0.15) is 0 Å². The van der Waals surface area contributed by atoms with Gasteiger partial charge in [-0.25, -0.2) is 0 Å². The van der Waals surface area contributed by atoms with Crippen molar-refractivity contribution in [2.45, 2.75) is 59.5 Å². The zero-order chi connectivity index (χ0) is 19.7. The molecule has 0 amide bonds. The van der Waals surface area contributed by atoms with Crippen LogP contribution in [-0.2, 0) is 10.8 Å². The second-order valence-electron chi connectivity index (χ2n) is 8.77. The van der Waals surface area contributed by atoms with Crippen molar-refractivity contribution in [1.29, 1.82) is 0 Å². The third-order valence-corrected chi connectivity index (χ3v) is 5.99. The van der Waals surface area contributed by atoms with Crippen LogP contribution in [0.3, 0.4) is 0 Å².